The van der Waals surface area contributed by atoms with E-state index in [4.69, 9.17) is 5.11 Å². The minimum absolute atomic E-state index is 0.0892. The number of fused-ring (bicyclic) bond motifs is 1. The zero-order chi connectivity index (χ0) is 15.0. The summed E-state index contributed by atoms with van der Waals surface area (Å²) in [6.07, 6.45) is 3.00. The standard InChI is InChI=1S/C16H20N2O3/c1-2-18(14-5-6-14)16(21)17-8-7-11-3-4-12(15(19)20)9-13(11)10-17/h3-4,9,14H,2,5-8,10H2,1H3,(H,19,20). The van der Waals surface area contributed by atoms with Gasteiger partial charge in [-0.15, -0.1) is 0 Å². The van der Waals surface area contributed by atoms with Gasteiger partial charge in [-0.05, 0) is 49.4 Å². The Morgan fingerprint density at radius 3 is 2.71 bits per heavy atom. The Balaban J connectivity index is 1.78. The molecule has 0 aromatic heterocycles. The summed E-state index contributed by atoms with van der Waals surface area (Å²) < 4.78 is 0. The molecule has 21 heavy (non-hydrogen) atoms. The van der Waals surface area contributed by atoms with Gasteiger partial charge in [-0.1, -0.05) is 6.07 Å². The summed E-state index contributed by atoms with van der Waals surface area (Å²) in [6, 6.07) is 5.71. The van der Waals surface area contributed by atoms with Crippen LogP contribution in [0.3, 0.4) is 0 Å². The zero-order valence-corrected chi connectivity index (χ0v) is 12.2. The lowest BCUT2D eigenvalue weighted by Crippen LogP contribution is -2.46. The fourth-order valence-electron chi connectivity index (χ4n) is 2.97. The molecule has 0 radical (unpaired) electrons. The average Bonchev–Trinajstić information content (AvgIpc) is 3.31. The molecule has 1 heterocycles. The first kappa shape index (κ1) is 13.9. The van der Waals surface area contributed by atoms with E-state index in [0.717, 1.165) is 36.9 Å². The van der Waals surface area contributed by atoms with Crippen LogP contribution in [0.4, 0.5) is 4.79 Å². The Labute approximate surface area is 124 Å². The molecule has 2 aliphatic rings. The van der Waals surface area contributed by atoms with Crippen LogP contribution in [0.2, 0.25) is 0 Å². The maximum atomic E-state index is 12.6. The molecule has 2 amide bonds. The number of benzene rings is 1. The molecule has 0 unspecified atom stereocenters. The van der Waals surface area contributed by atoms with Gasteiger partial charge >= 0.3 is 12.0 Å². The van der Waals surface area contributed by atoms with Crippen LogP contribution in [0.5, 0.6) is 0 Å². The van der Waals surface area contributed by atoms with Gasteiger partial charge in [0, 0.05) is 25.7 Å². The summed E-state index contributed by atoms with van der Waals surface area (Å²) in [5.41, 5.74) is 2.40. The molecule has 1 saturated carbocycles. The fourth-order valence-corrected chi connectivity index (χ4v) is 2.97. The van der Waals surface area contributed by atoms with Crippen LogP contribution >= 0.6 is 0 Å². The van der Waals surface area contributed by atoms with Crippen molar-refractivity contribution >= 4 is 12.0 Å². The monoisotopic (exact) mass is 288 g/mol. The van der Waals surface area contributed by atoms with Crippen LogP contribution in [0.25, 0.3) is 0 Å². The van der Waals surface area contributed by atoms with Crippen molar-refractivity contribution in [2.24, 2.45) is 0 Å². The van der Waals surface area contributed by atoms with Crippen molar-refractivity contribution in [3.63, 3.8) is 0 Å². The normalized spacial score (nSPS) is 17.3. The molecular weight excluding hydrogens is 268 g/mol. The van der Waals surface area contributed by atoms with Crippen molar-refractivity contribution in [3.8, 4) is 0 Å². The summed E-state index contributed by atoms with van der Waals surface area (Å²) in [7, 11) is 0. The smallest absolute Gasteiger partial charge is 0.335 e. The number of amides is 2. The van der Waals surface area contributed by atoms with Crippen molar-refractivity contribution in [1.29, 1.82) is 0 Å². The van der Waals surface area contributed by atoms with Crippen molar-refractivity contribution in [2.75, 3.05) is 13.1 Å². The Kier molecular flexibility index (Phi) is 3.57. The molecule has 0 saturated heterocycles. The number of aromatic carboxylic acids is 1. The van der Waals surface area contributed by atoms with Gasteiger partial charge < -0.3 is 14.9 Å². The van der Waals surface area contributed by atoms with Gasteiger partial charge in [0.15, 0.2) is 0 Å². The van der Waals surface area contributed by atoms with Gasteiger partial charge in [-0.25, -0.2) is 9.59 Å². The zero-order valence-electron chi connectivity index (χ0n) is 12.2. The Morgan fingerprint density at radius 1 is 1.33 bits per heavy atom. The Bertz CT molecular complexity index is 581. The van der Waals surface area contributed by atoms with Crippen molar-refractivity contribution < 1.29 is 14.7 Å². The number of rotatable bonds is 3. The maximum absolute atomic E-state index is 12.6. The second kappa shape index (κ2) is 5.39. The number of carbonyl (C=O) groups excluding carboxylic acids is 1. The van der Waals surface area contributed by atoms with Gasteiger partial charge in [0.25, 0.3) is 0 Å². The average molecular weight is 288 g/mol. The lowest BCUT2D eigenvalue weighted by Gasteiger charge is -2.33. The molecule has 1 aliphatic heterocycles. The van der Waals surface area contributed by atoms with E-state index in [0.29, 0.717) is 19.1 Å². The van der Waals surface area contributed by atoms with E-state index in [1.807, 2.05) is 22.8 Å². The summed E-state index contributed by atoms with van der Waals surface area (Å²) >= 11 is 0. The SMILES string of the molecule is CCN(C(=O)N1CCc2ccc(C(=O)O)cc2C1)C1CC1. The summed E-state index contributed by atoms with van der Waals surface area (Å²) in [6.45, 7) is 3.97. The Morgan fingerprint density at radius 2 is 2.10 bits per heavy atom. The number of carboxylic acids is 1. The first-order valence-electron chi connectivity index (χ1n) is 7.50. The maximum Gasteiger partial charge on any atom is 0.335 e. The lowest BCUT2D eigenvalue weighted by molar-refractivity contribution is 0.0696. The highest BCUT2D eigenvalue weighted by atomic mass is 16.4. The van der Waals surface area contributed by atoms with Gasteiger partial charge in [-0.2, -0.15) is 0 Å². The number of carboxylic acid groups (broad SMARTS) is 1. The van der Waals surface area contributed by atoms with Crippen LogP contribution in [0, 0.1) is 0 Å². The van der Waals surface area contributed by atoms with E-state index < -0.39 is 5.97 Å². The second-order valence-corrected chi connectivity index (χ2v) is 5.76. The molecule has 0 bridgehead atoms. The molecule has 0 atom stereocenters. The molecule has 1 N–H and O–H groups in total. The summed E-state index contributed by atoms with van der Waals surface area (Å²) in [5, 5.41) is 9.08. The van der Waals surface area contributed by atoms with Gasteiger partial charge in [-0.3, -0.25) is 0 Å². The number of hydrogen-bond acceptors (Lipinski definition) is 2. The van der Waals surface area contributed by atoms with Crippen molar-refractivity contribution in [1.82, 2.24) is 9.80 Å². The fraction of sp³-hybridized carbons (Fsp3) is 0.500. The van der Waals surface area contributed by atoms with E-state index in [9.17, 15) is 9.59 Å². The third-order valence-electron chi connectivity index (χ3n) is 4.31. The lowest BCUT2D eigenvalue weighted by atomic mass is 9.97. The predicted molar refractivity (Wildman–Crippen MR) is 78.3 cm³/mol. The first-order chi connectivity index (χ1) is 10.1. The van der Waals surface area contributed by atoms with E-state index in [-0.39, 0.29) is 11.6 Å². The molecule has 1 aromatic rings. The molecule has 5 nitrogen and oxygen atoms in total. The van der Waals surface area contributed by atoms with E-state index in [1.54, 1.807) is 12.1 Å². The highest BCUT2D eigenvalue weighted by molar-refractivity contribution is 5.88. The van der Waals surface area contributed by atoms with E-state index in [1.165, 1.54) is 0 Å². The van der Waals surface area contributed by atoms with Crippen LogP contribution in [-0.4, -0.2) is 46.0 Å². The van der Waals surface area contributed by atoms with Crippen molar-refractivity contribution in [3.05, 3.63) is 34.9 Å². The van der Waals surface area contributed by atoms with Crippen LogP contribution < -0.4 is 0 Å². The molecule has 1 aliphatic carbocycles. The van der Waals surface area contributed by atoms with Gasteiger partial charge in [0.05, 0.1) is 5.56 Å². The minimum atomic E-state index is -0.922. The summed E-state index contributed by atoms with van der Waals surface area (Å²) in [4.78, 5) is 27.4. The van der Waals surface area contributed by atoms with Gasteiger partial charge in [0.1, 0.15) is 0 Å². The third kappa shape index (κ3) is 2.73. The number of nitrogens with zero attached hydrogens (tertiary/aromatic N) is 2. The number of urea groups is 1. The second-order valence-electron chi connectivity index (χ2n) is 5.76. The molecule has 0 spiro atoms. The topological polar surface area (TPSA) is 60.9 Å². The van der Waals surface area contributed by atoms with Gasteiger partial charge in [0.2, 0.25) is 0 Å². The van der Waals surface area contributed by atoms with Crippen LogP contribution in [-0.2, 0) is 13.0 Å². The largest absolute Gasteiger partial charge is 0.478 e. The molecule has 1 fully saturated rings. The van der Waals surface area contributed by atoms with Crippen LogP contribution in [0.1, 0.15) is 41.3 Å². The highest BCUT2D eigenvalue weighted by Gasteiger charge is 2.34. The molecular formula is C16H20N2O3. The number of carbonyl (C=O) groups is 2. The highest BCUT2D eigenvalue weighted by Crippen LogP contribution is 2.29. The van der Waals surface area contributed by atoms with Crippen molar-refractivity contribution in [2.45, 2.75) is 38.8 Å². The quantitative estimate of drug-likeness (QED) is 0.928. The van der Waals surface area contributed by atoms with E-state index >= 15 is 0 Å². The minimum Gasteiger partial charge on any atom is -0.478 e. The first-order valence-corrected chi connectivity index (χ1v) is 7.50. The van der Waals surface area contributed by atoms with E-state index in [2.05, 4.69) is 0 Å². The Hall–Kier alpha value is -2.04. The predicted octanol–water partition coefficient (Wildman–Crippen LogP) is 2.35. The molecule has 1 aromatic carbocycles. The molecule has 3 rings (SSSR count). The molecule has 5 heteroatoms. The third-order valence-corrected chi connectivity index (χ3v) is 4.31. The summed E-state index contributed by atoms with van der Waals surface area (Å²) in [5.74, 6) is -0.922. The number of hydrogen-bond donors (Lipinski definition) is 1. The van der Waals surface area contributed by atoms with Crippen LogP contribution in [0.15, 0.2) is 18.2 Å². The molecule has 112 valence electrons.